The third kappa shape index (κ3) is 4.41. The Kier molecular flexibility index (Phi) is 5.38. The van der Waals surface area contributed by atoms with E-state index in [4.69, 9.17) is 0 Å². The average Bonchev–Trinajstić information content (AvgIpc) is 2.36. The maximum Gasteiger partial charge on any atom is 0.406 e. The van der Waals surface area contributed by atoms with Gasteiger partial charge in [0.25, 0.3) is 0 Å². The molecule has 20 heavy (non-hydrogen) atoms. The van der Waals surface area contributed by atoms with Crippen LogP contribution in [0.2, 0.25) is 0 Å². The van der Waals surface area contributed by atoms with Crippen molar-refractivity contribution in [2.75, 3.05) is 30.8 Å². The van der Waals surface area contributed by atoms with Crippen molar-refractivity contribution in [2.45, 2.75) is 13.8 Å². The number of amides is 1. The predicted molar refractivity (Wildman–Crippen MR) is 78.5 cm³/mol. The molecular formula is C13H20N2O4S. The SMILES string of the molecule is COC(=O)NCCN(c1ccc(C)c(C)c1)S(C)(=O)=O. The predicted octanol–water partition coefficient (Wildman–Crippen LogP) is 1.43. The van der Waals surface area contributed by atoms with Gasteiger partial charge in [0.15, 0.2) is 0 Å². The molecule has 112 valence electrons. The number of anilines is 1. The first-order chi connectivity index (χ1) is 9.25. The molecular weight excluding hydrogens is 280 g/mol. The molecule has 6 nitrogen and oxygen atoms in total. The van der Waals surface area contributed by atoms with Crippen LogP contribution in [0.25, 0.3) is 0 Å². The molecule has 0 atom stereocenters. The summed E-state index contributed by atoms with van der Waals surface area (Å²) in [5.74, 6) is 0. The summed E-state index contributed by atoms with van der Waals surface area (Å²) < 4.78 is 29.4. The van der Waals surface area contributed by atoms with Crippen molar-refractivity contribution in [1.29, 1.82) is 0 Å². The summed E-state index contributed by atoms with van der Waals surface area (Å²) >= 11 is 0. The highest BCUT2D eigenvalue weighted by atomic mass is 32.2. The van der Waals surface area contributed by atoms with Crippen LogP contribution in [0.3, 0.4) is 0 Å². The van der Waals surface area contributed by atoms with E-state index >= 15 is 0 Å². The number of hydrogen-bond donors (Lipinski definition) is 1. The highest BCUT2D eigenvalue weighted by molar-refractivity contribution is 7.92. The van der Waals surface area contributed by atoms with Crippen molar-refractivity contribution >= 4 is 21.8 Å². The van der Waals surface area contributed by atoms with Gasteiger partial charge in [0.2, 0.25) is 10.0 Å². The zero-order valence-electron chi connectivity index (χ0n) is 12.1. The molecule has 1 aromatic carbocycles. The number of nitrogens with zero attached hydrogens (tertiary/aromatic N) is 1. The van der Waals surface area contributed by atoms with E-state index < -0.39 is 16.1 Å². The molecule has 0 spiro atoms. The second kappa shape index (κ2) is 6.60. The van der Waals surface area contributed by atoms with Gasteiger partial charge in [-0.05, 0) is 37.1 Å². The number of aryl methyl sites for hydroxylation is 2. The zero-order chi connectivity index (χ0) is 15.3. The van der Waals surface area contributed by atoms with E-state index in [-0.39, 0.29) is 13.1 Å². The molecule has 0 bridgehead atoms. The molecule has 0 aliphatic rings. The fourth-order valence-corrected chi connectivity index (χ4v) is 2.62. The number of methoxy groups -OCH3 is 1. The van der Waals surface area contributed by atoms with Crippen molar-refractivity contribution in [3.63, 3.8) is 0 Å². The van der Waals surface area contributed by atoms with E-state index in [2.05, 4.69) is 10.1 Å². The number of nitrogens with one attached hydrogen (secondary N) is 1. The molecule has 7 heteroatoms. The van der Waals surface area contributed by atoms with Crippen LogP contribution < -0.4 is 9.62 Å². The van der Waals surface area contributed by atoms with Gasteiger partial charge in [-0.1, -0.05) is 6.07 Å². The highest BCUT2D eigenvalue weighted by Crippen LogP contribution is 2.20. The number of sulfonamides is 1. The Balaban J connectivity index is 2.90. The molecule has 1 amide bonds. The van der Waals surface area contributed by atoms with Gasteiger partial charge in [-0.2, -0.15) is 0 Å². The van der Waals surface area contributed by atoms with E-state index in [1.54, 1.807) is 6.07 Å². The van der Waals surface area contributed by atoms with Gasteiger partial charge in [-0.15, -0.1) is 0 Å². The first kappa shape index (κ1) is 16.3. The fourth-order valence-electron chi connectivity index (χ4n) is 1.70. The lowest BCUT2D eigenvalue weighted by atomic mass is 10.1. The molecule has 1 N–H and O–H groups in total. The number of rotatable bonds is 5. The summed E-state index contributed by atoms with van der Waals surface area (Å²) in [5, 5.41) is 2.46. The highest BCUT2D eigenvalue weighted by Gasteiger charge is 2.17. The Bertz CT molecular complexity index is 584. The molecule has 0 heterocycles. The second-order valence-electron chi connectivity index (χ2n) is 4.52. The van der Waals surface area contributed by atoms with Crippen LogP contribution in [0.4, 0.5) is 10.5 Å². The minimum atomic E-state index is -3.41. The Hall–Kier alpha value is -1.76. The molecule has 0 aliphatic heterocycles. The number of alkyl carbamates (subject to hydrolysis) is 1. The minimum absolute atomic E-state index is 0.149. The van der Waals surface area contributed by atoms with Gasteiger partial charge in [0.05, 0.1) is 25.6 Å². The summed E-state index contributed by atoms with van der Waals surface area (Å²) in [6, 6.07) is 5.44. The number of carbonyl (C=O) groups excluding carboxylic acids is 1. The molecule has 0 unspecified atom stereocenters. The van der Waals surface area contributed by atoms with Crippen LogP contribution in [-0.4, -0.2) is 41.0 Å². The Labute approximate surface area is 119 Å². The largest absolute Gasteiger partial charge is 0.453 e. The van der Waals surface area contributed by atoms with Gasteiger partial charge in [0.1, 0.15) is 0 Å². The maximum atomic E-state index is 11.9. The van der Waals surface area contributed by atoms with E-state index in [1.807, 2.05) is 26.0 Å². The lowest BCUT2D eigenvalue weighted by Gasteiger charge is -2.23. The van der Waals surface area contributed by atoms with Crippen LogP contribution in [0.15, 0.2) is 18.2 Å². The lowest BCUT2D eigenvalue weighted by Crippen LogP contribution is -2.38. The second-order valence-corrected chi connectivity index (χ2v) is 6.43. The van der Waals surface area contributed by atoms with Crippen molar-refractivity contribution < 1.29 is 17.9 Å². The molecule has 0 aliphatic carbocycles. The van der Waals surface area contributed by atoms with Gasteiger partial charge in [-0.3, -0.25) is 4.31 Å². The summed E-state index contributed by atoms with van der Waals surface area (Å²) in [6.07, 6.45) is 0.555. The Morgan fingerprint density at radius 1 is 1.30 bits per heavy atom. The van der Waals surface area contributed by atoms with E-state index in [0.717, 1.165) is 17.4 Å². The maximum absolute atomic E-state index is 11.9. The summed E-state index contributed by atoms with van der Waals surface area (Å²) in [5.41, 5.74) is 2.69. The first-order valence-corrected chi connectivity index (χ1v) is 7.97. The van der Waals surface area contributed by atoms with Crippen LogP contribution in [-0.2, 0) is 14.8 Å². The number of hydrogen-bond acceptors (Lipinski definition) is 4. The van der Waals surface area contributed by atoms with Crippen molar-refractivity contribution in [3.05, 3.63) is 29.3 Å². The molecule has 1 rings (SSSR count). The summed E-state index contributed by atoms with van der Waals surface area (Å²) in [7, 11) is -2.15. The van der Waals surface area contributed by atoms with Crippen LogP contribution in [0.1, 0.15) is 11.1 Å². The van der Waals surface area contributed by atoms with Crippen LogP contribution >= 0.6 is 0 Å². The molecule has 1 aromatic rings. The van der Waals surface area contributed by atoms with Crippen molar-refractivity contribution in [3.8, 4) is 0 Å². The van der Waals surface area contributed by atoms with Gasteiger partial charge < -0.3 is 10.1 Å². The molecule has 0 saturated carbocycles. The Morgan fingerprint density at radius 2 is 1.95 bits per heavy atom. The van der Waals surface area contributed by atoms with Crippen LogP contribution in [0.5, 0.6) is 0 Å². The van der Waals surface area contributed by atoms with Crippen LogP contribution in [0, 0.1) is 13.8 Å². The number of benzene rings is 1. The smallest absolute Gasteiger partial charge is 0.406 e. The van der Waals surface area contributed by atoms with E-state index in [9.17, 15) is 13.2 Å². The number of ether oxygens (including phenoxy) is 1. The molecule has 0 fully saturated rings. The molecule has 0 aromatic heterocycles. The van der Waals surface area contributed by atoms with Crippen molar-refractivity contribution in [2.24, 2.45) is 0 Å². The fraction of sp³-hybridized carbons (Fsp3) is 0.462. The third-order valence-corrected chi connectivity index (χ3v) is 4.14. The first-order valence-electron chi connectivity index (χ1n) is 6.12. The topological polar surface area (TPSA) is 75.7 Å². The number of carbonyl (C=O) groups is 1. The van der Waals surface area contributed by atoms with Gasteiger partial charge >= 0.3 is 6.09 Å². The Morgan fingerprint density at radius 3 is 2.45 bits per heavy atom. The summed E-state index contributed by atoms with van der Waals surface area (Å²) in [6.45, 7) is 4.21. The summed E-state index contributed by atoms with van der Waals surface area (Å²) in [4.78, 5) is 11.0. The van der Waals surface area contributed by atoms with Crippen molar-refractivity contribution in [1.82, 2.24) is 5.32 Å². The van der Waals surface area contributed by atoms with E-state index in [1.165, 1.54) is 11.4 Å². The molecule has 0 saturated heterocycles. The lowest BCUT2D eigenvalue weighted by molar-refractivity contribution is 0.171. The third-order valence-electron chi connectivity index (χ3n) is 2.95. The van der Waals surface area contributed by atoms with Gasteiger partial charge in [-0.25, -0.2) is 13.2 Å². The van der Waals surface area contributed by atoms with E-state index in [0.29, 0.717) is 5.69 Å². The normalized spacial score (nSPS) is 11.0. The minimum Gasteiger partial charge on any atom is -0.453 e. The van der Waals surface area contributed by atoms with Gasteiger partial charge in [0, 0.05) is 6.54 Å². The zero-order valence-corrected chi connectivity index (χ0v) is 13.0. The standard InChI is InChI=1S/C13H20N2O4S/c1-10-5-6-12(9-11(10)2)15(20(4,17)18)8-7-14-13(16)19-3/h5-6,9H,7-8H2,1-4H3,(H,14,16). The quantitative estimate of drug-likeness (QED) is 0.892. The molecule has 0 radical (unpaired) electrons. The monoisotopic (exact) mass is 300 g/mol. The average molecular weight is 300 g/mol.